The number of aliphatic hydroxyl groups excluding tert-OH is 1. The van der Waals surface area contributed by atoms with Gasteiger partial charge in [0, 0.05) is 15.9 Å². The molecular weight excluding hydrogens is 350 g/mol. The lowest BCUT2D eigenvalue weighted by Crippen LogP contribution is -2.25. The van der Waals surface area contributed by atoms with Crippen LogP contribution >= 0.6 is 27.3 Å². The van der Waals surface area contributed by atoms with E-state index in [1.54, 1.807) is 11.3 Å². The molecule has 0 bridgehead atoms. The van der Waals surface area contributed by atoms with E-state index in [1.807, 2.05) is 17.5 Å². The summed E-state index contributed by atoms with van der Waals surface area (Å²) < 4.78 is 6.54. The molecule has 1 aromatic carbocycles. The SMILES string of the molecule is Cc1cc(C)c(NCC(O)COCc2cccs2)c(Br)c1. The summed E-state index contributed by atoms with van der Waals surface area (Å²) in [6.07, 6.45) is -0.530. The molecule has 0 fully saturated rings. The minimum Gasteiger partial charge on any atom is -0.389 e. The van der Waals surface area contributed by atoms with Gasteiger partial charge in [0.05, 0.1) is 25.0 Å². The highest BCUT2D eigenvalue weighted by molar-refractivity contribution is 9.10. The fraction of sp³-hybridized carbons (Fsp3) is 0.375. The zero-order valence-corrected chi connectivity index (χ0v) is 14.6. The van der Waals surface area contributed by atoms with Crippen LogP contribution in [0.15, 0.2) is 34.1 Å². The molecule has 1 atom stereocenters. The summed E-state index contributed by atoms with van der Waals surface area (Å²) >= 11 is 5.21. The quantitative estimate of drug-likeness (QED) is 0.771. The van der Waals surface area contributed by atoms with Gasteiger partial charge in [0.1, 0.15) is 0 Å². The Kier molecular flexibility index (Phi) is 6.23. The van der Waals surface area contributed by atoms with Gasteiger partial charge in [0.2, 0.25) is 0 Å². The largest absolute Gasteiger partial charge is 0.389 e. The molecule has 0 spiro atoms. The van der Waals surface area contributed by atoms with Crippen molar-refractivity contribution >= 4 is 33.0 Å². The van der Waals surface area contributed by atoms with Crippen molar-refractivity contribution in [1.29, 1.82) is 0 Å². The predicted octanol–water partition coefficient (Wildman–Crippen LogP) is 4.12. The fourth-order valence-electron chi connectivity index (χ4n) is 2.11. The molecule has 2 rings (SSSR count). The van der Waals surface area contributed by atoms with E-state index in [0.29, 0.717) is 19.8 Å². The molecule has 0 saturated heterocycles. The Bertz CT molecular complexity index is 549. The number of anilines is 1. The molecule has 1 heterocycles. The first-order chi connectivity index (χ1) is 10.1. The maximum Gasteiger partial charge on any atom is 0.0945 e. The monoisotopic (exact) mass is 369 g/mol. The lowest BCUT2D eigenvalue weighted by molar-refractivity contribution is 0.0359. The molecule has 0 aliphatic rings. The van der Waals surface area contributed by atoms with Crippen molar-refractivity contribution in [1.82, 2.24) is 0 Å². The van der Waals surface area contributed by atoms with Gasteiger partial charge in [-0.25, -0.2) is 0 Å². The topological polar surface area (TPSA) is 41.5 Å². The van der Waals surface area contributed by atoms with Crippen LogP contribution in [-0.2, 0) is 11.3 Å². The number of hydrogen-bond acceptors (Lipinski definition) is 4. The molecule has 5 heteroatoms. The molecule has 0 saturated carbocycles. The molecule has 21 heavy (non-hydrogen) atoms. The molecule has 1 unspecified atom stereocenters. The number of hydrogen-bond donors (Lipinski definition) is 2. The van der Waals surface area contributed by atoms with Crippen molar-refractivity contribution in [2.75, 3.05) is 18.5 Å². The third kappa shape index (κ3) is 5.11. The fourth-order valence-corrected chi connectivity index (χ4v) is 3.56. The first kappa shape index (κ1) is 16.5. The molecule has 0 amide bonds. The van der Waals surface area contributed by atoms with Crippen LogP contribution in [0.25, 0.3) is 0 Å². The minimum absolute atomic E-state index is 0.327. The van der Waals surface area contributed by atoms with E-state index < -0.39 is 6.10 Å². The molecule has 0 aliphatic heterocycles. The van der Waals surface area contributed by atoms with E-state index in [1.165, 1.54) is 10.4 Å². The predicted molar refractivity (Wildman–Crippen MR) is 92.1 cm³/mol. The van der Waals surface area contributed by atoms with Gasteiger partial charge in [-0.15, -0.1) is 11.3 Å². The Morgan fingerprint density at radius 1 is 1.38 bits per heavy atom. The van der Waals surface area contributed by atoms with E-state index in [0.717, 1.165) is 15.7 Å². The molecule has 0 aliphatic carbocycles. The van der Waals surface area contributed by atoms with Crippen LogP contribution < -0.4 is 5.32 Å². The highest BCUT2D eigenvalue weighted by atomic mass is 79.9. The number of halogens is 1. The Morgan fingerprint density at radius 2 is 2.19 bits per heavy atom. The number of rotatable bonds is 7. The summed E-state index contributed by atoms with van der Waals surface area (Å²) in [5.74, 6) is 0. The van der Waals surface area contributed by atoms with Crippen LogP contribution in [0.3, 0.4) is 0 Å². The number of aliphatic hydroxyl groups is 1. The standard InChI is InChI=1S/C16H20BrNO2S/c1-11-6-12(2)16(15(17)7-11)18-8-13(19)9-20-10-14-4-3-5-21-14/h3-7,13,18-19H,8-10H2,1-2H3. The van der Waals surface area contributed by atoms with Crippen molar-refractivity contribution in [3.63, 3.8) is 0 Å². The number of thiophene rings is 1. The maximum absolute atomic E-state index is 9.98. The number of benzene rings is 1. The molecule has 2 N–H and O–H groups in total. The average Bonchev–Trinajstić information content (AvgIpc) is 2.90. The number of nitrogens with one attached hydrogen (secondary N) is 1. The Morgan fingerprint density at radius 3 is 2.86 bits per heavy atom. The van der Waals surface area contributed by atoms with Gasteiger partial charge in [-0.3, -0.25) is 0 Å². The normalized spacial score (nSPS) is 12.4. The van der Waals surface area contributed by atoms with Gasteiger partial charge in [-0.2, -0.15) is 0 Å². The van der Waals surface area contributed by atoms with Gasteiger partial charge in [-0.05, 0) is 58.4 Å². The summed E-state index contributed by atoms with van der Waals surface area (Å²) in [6.45, 7) is 5.47. The average molecular weight is 370 g/mol. The highest BCUT2D eigenvalue weighted by Gasteiger charge is 2.09. The summed E-state index contributed by atoms with van der Waals surface area (Å²) in [5.41, 5.74) is 3.40. The summed E-state index contributed by atoms with van der Waals surface area (Å²) in [7, 11) is 0. The molecule has 3 nitrogen and oxygen atoms in total. The molecular formula is C16H20BrNO2S. The first-order valence-corrected chi connectivity index (χ1v) is 8.52. The highest BCUT2D eigenvalue weighted by Crippen LogP contribution is 2.27. The van der Waals surface area contributed by atoms with Crippen molar-refractivity contribution in [3.05, 3.63) is 50.1 Å². The molecule has 1 aromatic heterocycles. The second-order valence-corrected chi connectivity index (χ2v) is 6.95. The van der Waals surface area contributed by atoms with E-state index >= 15 is 0 Å². The van der Waals surface area contributed by atoms with Gasteiger partial charge >= 0.3 is 0 Å². The van der Waals surface area contributed by atoms with Gasteiger partial charge in [-0.1, -0.05) is 12.1 Å². The van der Waals surface area contributed by atoms with Crippen molar-refractivity contribution < 1.29 is 9.84 Å². The smallest absolute Gasteiger partial charge is 0.0945 e. The summed E-state index contributed by atoms with van der Waals surface area (Å²) in [4.78, 5) is 1.17. The number of ether oxygens (including phenoxy) is 1. The Labute approximate surface area is 138 Å². The van der Waals surface area contributed by atoms with Crippen molar-refractivity contribution in [2.45, 2.75) is 26.6 Å². The minimum atomic E-state index is -0.530. The third-order valence-corrected chi connectivity index (χ3v) is 4.56. The van der Waals surface area contributed by atoms with Crippen LogP contribution in [0.2, 0.25) is 0 Å². The Hall–Kier alpha value is -0.880. The van der Waals surface area contributed by atoms with Gasteiger partial charge in [0.25, 0.3) is 0 Å². The van der Waals surface area contributed by atoms with Crippen molar-refractivity contribution in [2.24, 2.45) is 0 Å². The maximum atomic E-state index is 9.98. The van der Waals surface area contributed by atoms with Crippen LogP contribution in [0, 0.1) is 13.8 Å². The summed E-state index contributed by atoms with van der Waals surface area (Å²) in [6, 6.07) is 8.21. The zero-order chi connectivity index (χ0) is 15.2. The third-order valence-electron chi connectivity index (χ3n) is 3.08. The first-order valence-electron chi connectivity index (χ1n) is 6.85. The van der Waals surface area contributed by atoms with E-state index in [2.05, 4.69) is 47.2 Å². The van der Waals surface area contributed by atoms with E-state index in [4.69, 9.17) is 4.74 Å². The molecule has 0 radical (unpaired) electrons. The van der Waals surface area contributed by atoms with Crippen LogP contribution in [0.5, 0.6) is 0 Å². The van der Waals surface area contributed by atoms with Gasteiger partial charge < -0.3 is 15.2 Å². The van der Waals surface area contributed by atoms with Crippen LogP contribution in [0.4, 0.5) is 5.69 Å². The van der Waals surface area contributed by atoms with E-state index in [9.17, 15) is 5.11 Å². The van der Waals surface area contributed by atoms with Crippen molar-refractivity contribution in [3.8, 4) is 0 Å². The van der Waals surface area contributed by atoms with Crippen LogP contribution in [0.1, 0.15) is 16.0 Å². The Balaban J connectivity index is 1.77. The molecule has 114 valence electrons. The lowest BCUT2D eigenvalue weighted by Gasteiger charge is -2.16. The lowest BCUT2D eigenvalue weighted by atomic mass is 10.1. The van der Waals surface area contributed by atoms with Gasteiger partial charge in [0.15, 0.2) is 0 Å². The van der Waals surface area contributed by atoms with E-state index in [-0.39, 0.29) is 0 Å². The second kappa shape index (κ2) is 7.94. The number of aryl methyl sites for hydroxylation is 2. The zero-order valence-electron chi connectivity index (χ0n) is 12.2. The van der Waals surface area contributed by atoms with Crippen LogP contribution in [-0.4, -0.2) is 24.4 Å². The molecule has 2 aromatic rings. The summed E-state index contributed by atoms with van der Waals surface area (Å²) in [5, 5.41) is 15.3. The second-order valence-electron chi connectivity index (χ2n) is 5.07.